The van der Waals surface area contributed by atoms with Gasteiger partial charge >= 0.3 is 0 Å². The summed E-state index contributed by atoms with van der Waals surface area (Å²) in [7, 11) is 3.02. The van der Waals surface area contributed by atoms with E-state index in [1.807, 2.05) is 26.8 Å². The van der Waals surface area contributed by atoms with Gasteiger partial charge in [-0.3, -0.25) is 14.8 Å². The molecule has 11 heteroatoms. The lowest BCUT2D eigenvalue weighted by Crippen LogP contribution is -2.13. The Morgan fingerprint density at radius 2 is 1.86 bits per heavy atom. The van der Waals surface area contributed by atoms with E-state index in [9.17, 15) is 9.90 Å². The van der Waals surface area contributed by atoms with Crippen molar-refractivity contribution < 1.29 is 33.2 Å². The van der Waals surface area contributed by atoms with Crippen LogP contribution in [-0.2, 0) is 4.74 Å². The Morgan fingerprint density at radius 3 is 2.55 bits per heavy atom. The first-order valence-corrected chi connectivity index (χ1v) is 13.1. The fourth-order valence-electron chi connectivity index (χ4n) is 3.86. The first-order valence-electron chi connectivity index (χ1n) is 13.1. The van der Waals surface area contributed by atoms with Crippen molar-refractivity contribution in [2.75, 3.05) is 32.8 Å². The second-order valence-electron chi connectivity index (χ2n) is 10.4. The van der Waals surface area contributed by atoms with Crippen LogP contribution in [-0.4, -0.2) is 53.4 Å². The molecule has 3 aromatic heterocycles. The number of amides is 1. The molecule has 220 valence electrons. The summed E-state index contributed by atoms with van der Waals surface area (Å²) in [6, 6.07) is 7.17. The summed E-state index contributed by atoms with van der Waals surface area (Å²) in [5, 5.41) is 13.4. The molecule has 0 saturated heterocycles. The Kier molecular flexibility index (Phi) is 9.21. The highest BCUT2D eigenvalue weighted by Crippen LogP contribution is 2.35. The molecule has 0 fully saturated rings. The minimum atomic E-state index is -0.732. The van der Waals surface area contributed by atoms with Gasteiger partial charge in [-0.1, -0.05) is 32.9 Å². The largest absolute Gasteiger partial charge is 0.506 e. The second-order valence-corrected chi connectivity index (χ2v) is 10.4. The maximum absolute atomic E-state index is 15.1. The molecule has 4 aromatic rings. The Hall–Kier alpha value is -4.77. The molecule has 1 amide bonds. The number of carbonyl (C=O) groups is 1. The number of nitrogens with one attached hydrogen (secondary N) is 1. The molecule has 2 N–H and O–H groups in total. The van der Waals surface area contributed by atoms with Crippen LogP contribution in [0.2, 0.25) is 0 Å². The number of hydrogen-bond acceptors (Lipinski definition) is 9. The summed E-state index contributed by atoms with van der Waals surface area (Å²) in [5.41, 5.74) is 1.79. The van der Waals surface area contributed by atoms with Gasteiger partial charge in [0.25, 0.3) is 11.8 Å². The fraction of sp³-hybridized carbons (Fsp3) is 0.290. The maximum atomic E-state index is 15.1. The van der Waals surface area contributed by atoms with Crippen LogP contribution in [0.5, 0.6) is 28.9 Å². The van der Waals surface area contributed by atoms with Gasteiger partial charge in [-0.15, -0.1) is 0 Å². The number of benzene rings is 1. The number of anilines is 1. The number of nitrogens with zero attached hydrogens (tertiary/aromatic N) is 3. The van der Waals surface area contributed by atoms with Crippen LogP contribution in [0.25, 0.3) is 17.1 Å². The molecular formula is C31H33FN4O6. The third-order valence-corrected chi connectivity index (χ3v) is 6.04. The lowest BCUT2D eigenvalue weighted by Gasteiger charge is -2.14. The van der Waals surface area contributed by atoms with E-state index < -0.39 is 11.7 Å². The van der Waals surface area contributed by atoms with Crippen LogP contribution < -0.4 is 19.5 Å². The monoisotopic (exact) mass is 576 g/mol. The average Bonchev–Trinajstić information content (AvgIpc) is 2.93. The number of aryl methyl sites for hydroxylation is 1. The molecular weight excluding hydrogens is 543 g/mol. The highest BCUT2D eigenvalue weighted by Gasteiger charge is 2.19. The van der Waals surface area contributed by atoms with Crippen LogP contribution in [0.15, 0.2) is 48.8 Å². The van der Waals surface area contributed by atoms with Gasteiger partial charge in [0, 0.05) is 54.6 Å². The number of methoxy groups -OCH3 is 2. The van der Waals surface area contributed by atoms with Gasteiger partial charge in [0.15, 0.2) is 23.1 Å². The quantitative estimate of drug-likeness (QED) is 0.209. The van der Waals surface area contributed by atoms with Gasteiger partial charge in [0.05, 0.1) is 19.2 Å². The number of pyridine rings is 3. The number of halogens is 1. The fourth-order valence-corrected chi connectivity index (χ4v) is 3.86. The maximum Gasteiger partial charge on any atom is 0.261 e. The number of fused-ring (bicyclic) bond motifs is 1. The third-order valence-electron chi connectivity index (χ3n) is 6.04. The van der Waals surface area contributed by atoms with Gasteiger partial charge in [-0.05, 0) is 24.5 Å². The minimum absolute atomic E-state index is 0.0382. The number of aromatic hydroxyl groups is 1. The standard InChI is InChI=1S/C31H33FN4O6/c1-18-20(9-11-31(2,3)4)28(37)21(17-34-18)29(38)35-19-7-8-24(22(32)15-19)42-25-10-12-33-23-16-26(41-14-13-39-5)30(40-6)36-27(23)25/h7-12,15-17H,13-14H2,1-6H3,(H,34,37)(H,35,38)/b11-9+. The average molecular weight is 577 g/mol. The first-order chi connectivity index (χ1) is 20.0. The van der Waals surface area contributed by atoms with Gasteiger partial charge in [0.2, 0.25) is 0 Å². The number of allylic oxidation sites excluding steroid dienone is 1. The molecule has 0 aliphatic heterocycles. The zero-order valence-corrected chi connectivity index (χ0v) is 24.3. The van der Waals surface area contributed by atoms with E-state index in [2.05, 4.69) is 20.3 Å². The smallest absolute Gasteiger partial charge is 0.261 e. The van der Waals surface area contributed by atoms with E-state index in [0.717, 1.165) is 6.07 Å². The summed E-state index contributed by atoms with van der Waals surface area (Å²) in [5.74, 6) is -0.852. The van der Waals surface area contributed by atoms with Crippen molar-refractivity contribution in [2.24, 2.45) is 5.41 Å². The van der Waals surface area contributed by atoms with Gasteiger partial charge in [-0.25, -0.2) is 9.37 Å². The van der Waals surface area contributed by atoms with Crippen molar-refractivity contribution >= 4 is 28.7 Å². The Labute approximate surface area is 243 Å². The summed E-state index contributed by atoms with van der Waals surface area (Å²) in [4.78, 5) is 26.0. The van der Waals surface area contributed by atoms with Crippen molar-refractivity contribution in [3.63, 3.8) is 0 Å². The summed E-state index contributed by atoms with van der Waals surface area (Å²) in [6.45, 7) is 8.46. The molecule has 0 spiro atoms. The molecule has 3 heterocycles. The zero-order valence-electron chi connectivity index (χ0n) is 24.3. The number of aromatic nitrogens is 3. The van der Waals surface area contributed by atoms with Crippen LogP contribution in [0.4, 0.5) is 10.1 Å². The molecule has 10 nitrogen and oxygen atoms in total. The topological polar surface area (TPSA) is 125 Å². The lowest BCUT2D eigenvalue weighted by atomic mass is 9.94. The molecule has 42 heavy (non-hydrogen) atoms. The molecule has 0 aliphatic carbocycles. The predicted octanol–water partition coefficient (Wildman–Crippen LogP) is 6.32. The van der Waals surface area contributed by atoms with Gasteiger partial charge in [0.1, 0.15) is 23.4 Å². The van der Waals surface area contributed by atoms with Crippen LogP contribution >= 0.6 is 0 Å². The molecule has 4 rings (SSSR count). The first kappa shape index (κ1) is 30.2. The van der Waals surface area contributed by atoms with E-state index in [-0.39, 0.29) is 39.8 Å². The minimum Gasteiger partial charge on any atom is -0.506 e. The molecule has 0 bridgehead atoms. The van der Waals surface area contributed by atoms with Gasteiger partial charge in [-0.2, -0.15) is 0 Å². The molecule has 0 aliphatic rings. The van der Waals surface area contributed by atoms with Crippen molar-refractivity contribution in [2.45, 2.75) is 27.7 Å². The summed E-state index contributed by atoms with van der Waals surface area (Å²) >= 11 is 0. The van der Waals surface area contributed by atoms with Crippen molar-refractivity contribution in [3.05, 3.63) is 71.4 Å². The number of ether oxygens (including phenoxy) is 4. The van der Waals surface area contributed by atoms with Crippen LogP contribution in [0, 0.1) is 18.2 Å². The SMILES string of the molecule is COCCOc1cc2nccc(Oc3ccc(NC(=O)c4cnc(C)c(/C=C/C(C)(C)C)c4O)cc3F)c2nc1OC. The summed E-state index contributed by atoms with van der Waals surface area (Å²) < 4.78 is 37.0. The highest BCUT2D eigenvalue weighted by molar-refractivity contribution is 6.06. The predicted molar refractivity (Wildman–Crippen MR) is 157 cm³/mol. The van der Waals surface area contributed by atoms with Crippen molar-refractivity contribution in [1.29, 1.82) is 0 Å². The lowest BCUT2D eigenvalue weighted by molar-refractivity contribution is 0.102. The van der Waals surface area contributed by atoms with Gasteiger partial charge < -0.3 is 29.4 Å². The van der Waals surface area contributed by atoms with Crippen molar-refractivity contribution in [3.8, 4) is 28.9 Å². The number of carbonyl (C=O) groups excluding carboxylic acids is 1. The zero-order chi connectivity index (χ0) is 30.4. The normalized spacial score (nSPS) is 11.6. The van der Waals surface area contributed by atoms with Crippen molar-refractivity contribution in [1.82, 2.24) is 15.0 Å². The molecule has 0 radical (unpaired) electrons. The molecule has 0 unspecified atom stereocenters. The van der Waals surface area contributed by atoms with E-state index in [0.29, 0.717) is 41.3 Å². The van der Waals surface area contributed by atoms with E-state index in [1.54, 1.807) is 32.2 Å². The van der Waals surface area contributed by atoms with E-state index in [1.165, 1.54) is 31.6 Å². The summed E-state index contributed by atoms with van der Waals surface area (Å²) in [6.07, 6.45) is 6.44. The van der Waals surface area contributed by atoms with Crippen LogP contribution in [0.3, 0.4) is 0 Å². The Morgan fingerprint density at radius 1 is 1.07 bits per heavy atom. The van der Waals surface area contributed by atoms with E-state index in [4.69, 9.17) is 18.9 Å². The number of rotatable bonds is 10. The van der Waals surface area contributed by atoms with E-state index >= 15 is 4.39 Å². The molecule has 0 atom stereocenters. The van der Waals surface area contributed by atoms with Crippen LogP contribution in [0.1, 0.15) is 42.4 Å². The molecule has 0 saturated carbocycles. The third kappa shape index (κ3) is 7.10. The second kappa shape index (κ2) is 12.8. The Balaban J connectivity index is 1.55. The Bertz CT molecular complexity index is 1630. The highest BCUT2D eigenvalue weighted by atomic mass is 19.1. The number of hydrogen-bond donors (Lipinski definition) is 2. The molecule has 1 aromatic carbocycles.